The minimum Gasteiger partial charge on any atom is -0.313 e. The molecule has 138 valence electrons. The van der Waals surface area contributed by atoms with Crippen molar-refractivity contribution in [1.29, 1.82) is 0 Å². The molecule has 0 radical (unpaired) electrons. The monoisotopic (exact) mass is 466 g/mol. The molecule has 5 nitrogen and oxygen atoms in total. The van der Waals surface area contributed by atoms with Gasteiger partial charge in [-0.25, -0.2) is 4.79 Å². The first-order chi connectivity index (χ1) is 12.4. The fourth-order valence-corrected chi connectivity index (χ4v) is 4.53. The Bertz CT molecular complexity index is 749. The molecule has 1 aromatic rings. The molecule has 1 aliphatic carbocycles. The number of Topliss-reactive ketones (excluding diaryl/α,β-unsaturated/α-hetero) is 1. The zero-order valence-corrected chi connectivity index (χ0v) is 17.2. The number of hydrogen-bond acceptors (Lipinski definition) is 3. The number of alkyl halides is 1. The lowest BCUT2D eigenvalue weighted by molar-refractivity contribution is -0.134. The van der Waals surface area contributed by atoms with E-state index in [0.717, 1.165) is 22.2 Å². The molecule has 0 aromatic heterocycles. The lowest BCUT2D eigenvalue weighted by Gasteiger charge is -2.39. The van der Waals surface area contributed by atoms with E-state index in [9.17, 15) is 14.4 Å². The second-order valence-electron chi connectivity index (χ2n) is 7.18. The van der Waals surface area contributed by atoms with Gasteiger partial charge in [0.05, 0.1) is 6.54 Å². The van der Waals surface area contributed by atoms with Gasteiger partial charge in [-0.15, -0.1) is 0 Å². The summed E-state index contributed by atoms with van der Waals surface area (Å²) in [6.45, 7) is 1.63. The lowest BCUT2D eigenvalue weighted by Crippen LogP contribution is -2.52. The molecule has 0 saturated carbocycles. The summed E-state index contributed by atoms with van der Waals surface area (Å²) in [6.07, 6.45) is 5.96. The number of allylic oxidation sites excluding steroid dienone is 2. The number of likely N-dealkylation sites (N-methyl/N-ethyl adjacent to an activating group) is 1. The maximum Gasteiger partial charge on any atom is 0.327 e. The van der Waals surface area contributed by atoms with Crippen LogP contribution in [-0.2, 0) is 4.79 Å². The van der Waals surface area contributed by atoms with E-state index in [-0.39, 0.29) is 30.2 Å². The van der Waals surface area contributed by atoms with Crippen LogP contribution in [0.2, 0.25) is 0 Å². The smallest absolute Gasteiger partial charge is 0.313 e. The van der Waals surface area contributed by atoms with Crippen molar-refractivity contribution >= 4 is 40.3 Å². The van der Waals surface area contributed by atoms with Crippen molar-refractivity contribution in [2.24, 2.45) is 11.8 Å². The number of amides is 3. The van der Waals surface area contributed by atoms with Crippen LogP contribution in [0.1, 0.15) is 30.1 Å². The van der Waals surface area contributed by atoms with Crippen LogP contribution in [0.15, 0.2) is 42.5 Å². The topological polar surface area (TPSA) is 57.7 Å². The number of urea groups is 1. The highest BCUT2D eigenvalue weighted by Gasteiger charge is 2.56. The van der Waals surface area contributed by atoms with Crippen LogP contribution >= 0.6 is 22.6 Å². The van der Waals surface area contributed by atoms with Gasteiger partial charge in [0.25, 0.3) is 5.91 Å². The second kappa shape index (κ2) is 7.50. The molecular formula is C20H23IN2O3. The van der Waals surface area contributed by atoms with Gasteiger partial charge in [-0.2, -0.15) is 0 Å². The van der Waals surface area contributed by atoms with E-state index in [1.54, 1.807) is 31.3 Å². The van der Waals surface area contributed by atoms with Gasteiger partial charge in [0.2, 0.25) is 0 Å². The standard InChI is InChI=1S/C20H23IN2O3/c1-20(16-10-6-7-14(11-16)12-21)18(25)23(19(26)22(20)2)13-17(24)15-8-4-3-5-9-15/h3-9,14,16H,10-13H2,1-2H3/t14-,16?,20?/m1/s1. The first-order valence-electron chi connectivity index (χ1n) is 8.80. The van der Waals surface area contributed by atoms with E-state index in [1.165, 1.54) is 4.90 Å². The molecule has 26 heavy (non-hydrogen) atoms. The van der Waals surface area contributed by atoms with E-state index in [2.05, 4.69) is 34.7 Å². The summed E-state index contributed by atoms with van der Waals surface area (Å²) < 4.78 is 0.989. The second-order valence-corrected chi connectivity index (χ2v) is 8.06. The normalized spacial score (nSPS) is 28.7. The Kier molecular flexibility index (Phi) is 5.50. The van der Waals surface area contributed by atoms with Crippen molar-refractivity contribution in [2.75, 3.05) is 18.0 Å². The highest BCUT2D eigenvalue weighted by atomic mass is 127. The minimum atomic E-state index is -0.900. The SMILES string of the molecule is CN1C(=O)N(CC(=O)c2ccccc2)C(=O)C1(C)C1CC=C[C@@H](CI)C1. The molecule has 2 unspecified atom stereocenters. The van der Waals surface area contributed by atoms with Gasteiger partial charge in [-0.3, -0.25) is 14.5 Å². The maximum absolute atomic E-state index is 13.2. The van der Waals surface area contributed by atoms with Gasteiger partial charge < -0.3 is 4.90 Å². The van der Waals surface area contributed by atoms with Crippen LogP contribution in [0.5, 0.6) is 0 Å². The Morgan fingerprint density at radius 2 is 1.96 bits per heavy atom. The first kappa shape index (κ1) is 19.1. The van der Waals surface area contributed by atoms with Crippen LogP contribution in [0.3, 0.4) is 0 Å². The predicted molar refractivity (Wildman–Crippen MR) is 108 cm³/mol. The van der Waals surface area contributed by atoms with Crippen molar-refractivity contribution in [3.8, 4) is 0 Å². The van der Waals surface area contributed by atoms with Gasteiger partial charge in [0.15, 0.2) is 5.78 Å². The average Bonchev–Trinajstić information content (AvgIpc) is 2.85. The number of hydrogen-bond donors (Lipinski definition) is 0. The summed E-state index contributed by atoms with van der Waals surface area (Å²) in [5.41, 5.74) is -0.391. The van der Waals surface area contributed by atoms with E-state index in [4.69, 9.17) is 0 Å². The predicted octanol–water partition coefficient (Wildman–Crippen LogP) is 3.54. The number of carbonyl (C=O) groups excluding carboxylic acids is 3. The van der Waals surface area contributed by atoms with Crippen LogP contribution in [0.25, 0.3) is 0 Å². The maximum atomic E-state index is 13.2. The van der Waals surface area contributed by atoms with Crippen molar-refractivity contribution in [2.45, 2.75) is 25.3 Å². The van der Waals surface area contributed by atoms with Crippen LogP contribution in [0, 0.1) is 11.8 Å². The Morgan fingerprint density at radius 3 is 2.62 bits per heavy atom. The Hall–Kier alpha value is -1.70. The number of imide groups is 1. The van der Waals surface area contributed by atoms with Crippen molar-refractivity contribution in [3.63, 3.8) is 0 Å². The van der Waals surface area contributed by atoms with E-state index < -0.39 is 5.54 Å². The molecule has 1 aromatic carbocycles. The lowest BCUT2D eigenvalue weighted by atomic mass is 9.74. The molecule has 1 saturated heterocycles. The minimum absolute atomic E-state index is 0.0607. The van der Waals surface area contributed by atoms with E-state index in [0.29, 0.717) is 11.5 Å². The summed E-state index contributed by atoms with van der Waals surface area (Å²) in [5.74, 6) is -0.00607. The molecule has 0 bridgehead atoms. The molecule has 1 aliphatic heterocycles. The highest BCUT2D eigenvalue weighted by Crippen LogP contribution is 2.41. The molecule has 0 spiro atoms. The van der Waals surface area contributed by atoms with Gasteiger partial charge in [-0.1, -0.05) is 65.1 Å². The van der Waals surface area contributed by atoms with Crippen LogP contribution in [-0.4, -0.2) is 51.1 Å². The molecule has 3 atom stereocenters. The number of halogens is 1. The average molecular weight is 466 g/mol. The molecule has 3 rings (SSSR count). The molecule has 0 N–H and O–H groups in total. The Morgan fingerprint density at radius 1 is 1.27 bits per heavy atom. The molecule has 1 heterocycles. The van der Waals surface area contributed by atoms with Gasteiger partial charge in [-0.05, 0) is 31.6 Å². The summed E-state index contributed by atoms with van der Waals surface area (Å²) >= 11 is 2.35. The van der Waals surface area contributed by atoms with Gasteiger partial charge in [0, 0.05) is 17.0 Å². The molecule has 6 heteroatoms. The van der Waals surface area contributed by atoms with Crippen LogP contribution < -0.4 is 0 Å². The van der Waals surface area contributed by atoms with Crippen molar-refractivity contribution in [3.05, 3.63) is 48.0 Å². The molecule has 2 aliphatic rings. The molecule has 1 fully saturated rings. The quantitative estimate of drug-likeness (QED) is 0.219. The highest BCUT2D eigenvalue weighted by molar-refractivity contribution is 14.1. The summed E-state index contributed by atoms with van der Waals surface area (Å²) in [4.78, 5) is 41.1. The van der Waals surface area contributed by atoms with Gasteiger partial charge in [0.1, 0.15) is 5.54 Å². The van der Waals surface area contributed by atoms with E-state index >= 15 is 0 Å². The summed E-state index contributed by atoms with van der Waals surface area (Å²) in [7, 11) is 1.67. The fourth-order valence-electron chi connectivity index (χ4n) is 3.88. The third kappa shape index (κ3) is 3.19. The number of carbonyl (C=O) groups is 3. The Balaban J connectivity index is 1.82. The Labute approximate surface area is 167 Å². The van der Waals surface area contributed by atoms with Crippen LogP contribution in [0.4, 0.5) is 4.79 Å². The summed E-state index contributed by atoms with van der Waals surface area (Å²) in [5, 5.41) is 0. The zero-order chi connectivity index (χ0) is 18.9. The number of benzene rings is 1. The first-order valence-corrected chi connectivity index (χ1v) is 10.3. The summed E-state index contributed by atoms with van der Waals surface area (Å²) in [6, 6.07) is 8.39. The number of nitrogens with zero attached hydrogens (tertiary/aromatic N) is 2. The largest absolute Gasteiger partial charge is 0.327 e. The van der Waals surface area contributed by atoms with E-state index in [1.807, 2.05) is 13.0 Å². The molecule has 3 amide bonds. The number of ketones is 1. The third-order valence-corrected chi connectivity index (χ3v) is 6.83. The van der Waals surface area contributed by atoms with Crippen molar-refractivity contribution < 1.29 is 14.4 Å². The molecular weight excluding hydrogens is 443 g/mol. The number of rotatable bonds is 5. The zero-order valence-electron chi connectivity index (χ0n) is 15.0. The third-order valence-electron chi connectivity index (χ3n) is 5.70. The van der Waals surface area contributed by atoms with Gasteiger partial charge >= 0.3 is 6.03 Å². The fraction of sp³-hybridized carbons (Fsp3) is 0.450. The van der Waals surface area contributed by atoms with Crippen molar-refractivity contribution in [1.82, 2.24) is 9.80 Å².